The van der Waals surface area contributed by atoms with Gasteiger partial charge in [-0.25, -0.2) is 0 Å². The first-order chi connectivity index (χ1) is 13.6. The molecule has 8 nitrogen and oxygen atoms in total. The van der Waals surface area contributed by atoms with Crippen molar-refractivity contribution in [1.82, 2.24) is 24.6 Å². The lowest BCUT2D eigenvalue weighted by molar-refractivity contribution is 0.0992. The molecule has 0 aliphatic heterocycles. The van der Waals surface area contributed by atoms with Gasteiger partial charge in [0, 0.05) is 17.5 Å². The van der Waals surface area contributed by atoms with E-state index in [0.717, 1.165) is 5.69 Å². The standard InChI is InChI=1S/C20H17N5O3/c1-13-4-3-5-14(23-13)6-19(26)18-8-17(11-25-12-22-24-20(18)25)28-16-7-15(27-2)9-21-10-16/h3-5,7-12H,6H2,1-2H3. The van der Waals surface area contributed by atoms with Crippen molar-refractivity contribution in [2.75, 3.05) is 7.11 Å². The van der Waals surface area contributed by atoms with Crippen molar-refractivity contribution in [3.63, 3.8) is 0 Å². The summed E-state index contributed by atoms with van der Waals surface area (Å²) >= 11 is 0. The molecule has 28 heavy (non-hydrogen) atoms. The van der Waals surface area contributed by atoms with Gasteiger partial charge in [-0.15, -0.1) is 10.2 Å². The normalized spacial score (nSPS) is 10.8. The molecule has 0 atom stereocenters. The Labute approximate surface area is 160 Å². The van der Waals surface area contributed by atoms with E-state index >= 15 is 0 Å². The van der Waals surface area contributed by atoms with E-state index in [-0.39, 0.29) is 12.2 Å². The van der Waals surface area contributed by atoms with Gasteiger partial charge in [-0.3, -0.25) is 19.2 Å². The molecule has 0 bridgehead atoms. The average molecular weight is 375 g/mol. The maximum absolute atomic E-state index is 12.9. The van der Waals surface area contributed by atoms with E-state index < -0.39 is 0 Å². The lowest BCUT2D eigenvalue weighted by Crippen LogP contribution is -2.08. The van der Waals surface area contributed by atoms with Gasteiger partial charge in [0.1, 0.15) is 23.6 Å². The second kappa shape index (κ2) is 7.43. The predicted octanol–water partition coefficient (Wildman–Crippen LogP) is 3.05. The van der Waals surface area contributed by atoms with Crippen molar-refractivity contribution in [2.45, 2.75) is 13.3 Å². The molecule has 8 heteroatoms. The van der Waals surface area contributed by atoms with Crippen LogP contribution in [0.5, 0.6) is 17.2 Å². The highest BCUT2D eigenvalue weighted by molar-refractivity contribution is 6.02. The van der Waals surface area contributed by atoms with Crippen molar-refractivity contribution in [2.24, 2.45) is 0 Å². The SMILES string of the molecule is COc1cncc(Oc2cc(C(=O)Cc3cccc(C)n3)c3nncn3c2)c1. The van der Waals surface area contributed by atoms with Gasteiger partial charge in [0.15, 0.2) is 11.4 Å². The minimum Gasteiger partial charge on any atom is -0.495 e. The van der Waals surface area contributed by atoms with Crippen LogP contribution >= 0.6 is 0 Å². The summed E-state index contributed by atoms with van der Waals surface area (Å²) in [5.41, 5.74) is 2.44. The average Bonchev–Trinajstić information content (AvgIpc) is 3.16. The fraction of sp³-hybridized carbons (Fsp3) is 0.150. The summed E-state index contributed by atoms with van der Waals surface area (Å²) in [5.74, 6) is 1.41. The van der Waals surface area contributed by atoms with Crippen molar-refractivity contribution < 1.29 is 14.3 Å². The van der Waals surface area contributed by atoms with Gasteiger partial charge < -0.3 is 9.47 Å². The van der Waals surface area contributed by atoms with Crippen LogP contribution in [0.3, 0.4) is 0 Å². The number of rotatable bonds is 6. The summed E-state index contributed by atoms with van der Waals surface area (Å²) in [4.78, 5) is 21.4. The Morgan fingerprint density at radius 2 is 2.00 bits per heavy atom. The monoisotopic (exact) mass is 375 g/mol. The molecule has 4 heterocycles. The molecule has 0 aromatic carbocycles. The number of nitrogens with zero attached hydrogens (tertiary/aromatic N) is 5. The van der Waals surface area contributed by atoms with E-state index in [1.54, 1.807) is 42.2 Å². The number of pyridine rings is 3. The summed E-state index contributed by atoms with van der Waals surface area (Å²) < 4.78 is 12.7. The smallest absolute Gasteiger partial charge is 0.172 e. The van der Waals surface area contributed by atoms with E-state index in [9.17, 15) is 4.79 Å². The number of aryl methyl sites for hydroxylation is 1. The van der Waals surface area contributed by atoms with Crippen molar-refractivity contribution in [3.8, 4) is 17.2 Å². The second-order valence-electron chi connectivity index (χ2n) is 6.18. The molecule has 0 radical (unpaired) electrons. The van der Waals surface area contributed by atoms with Crippen LogP contribution in [0.15, 0.2) is 55.2 Å². The Morgan fingerprint density at radius 3 is 2.82 bits per heavy atom. The Bertz CT molecular complexity index is 1160. The number of hydrogen-bond donors (Lipinski definition) is 0. The molecule has 0 amide bonds. The molecule has 0 N–H and O–H groups in total. The van der Waals surface area contributed by atoms with Crippen LogP contribution in [0.4, 0.5) is 0 Å². The third-order valence-corrected chi connectivity index (χ3v) is 4.11. The first-order valence-electron chi connectivity index (χ1n) is 8.58. The van der Waals surface area contributed by atoms with Gasteiger partial charge in [-0.2, -0.15) is 0 Å². The lowest BCUT2D eigenvalue weighted by atomic mass is 10.1. The number of ether oxygens (including phenoxy) is 2. The van der Waals surface area contributed by atoms with Crippen LogP contribution in [0, 0.1) is 6.92 Å². The highest BCUT2D eigenvalue weighted by Gasteiger charge is 2.16. The lowest BCUT2D eigenvalue weighted by Gasteiger charge is -2.10. The van der Waals surface area contributed by atoms with Gasteiger partial charge >= 0.3 is 0 Å². The summed E-state index contributed by atoms with van der Waals surface area (Å²) in [6.45, 7) is 1.89. The molecule has 0 saturated heterocycles. The number of ketones is 1. The molecule has 0 spiro atoms. The van der Waals surface area contributed by atoms with Gasteiger partial charge in [0.2, 0.25) is 0 Å². The number of Topliss-reactive ketones (excluding diaryl/α,β-unsaturated/α-hetero) is 1. The van der Waals surface area contributed by atoms with Crippen LogP contribution in [0.2, 0.25) is 0 Å². The molecule has 0 fully saturated rings. The van der Waals surface area contributed by atoms with Crippen molar-refractivity contribution >= 4 is 11.4 Å². The molecule has 4 rings (SSSR count). The molecular weight excluding hydrogens is 358 g/mol. The first kappa shape index (κ1) is 17.6. The fourth-order valence-electron chi connectivity index (χ4n) is 2.83. The Morgan fingerprint density at radius 1 is 1.14 bits per heavy atom. The van der Waals surface area contributed by atoms with Gasteiger partial charge in [-0.05, 0) is 25.1 Å². The maximum atomic E-state index is 12.9. The summed E-state index contributed by atoms with van der Waals surface area (Å²) in [5, 5.41) is 7.96. The molecule has 0 saturated carbocycles. The Hall–Kier alpha value is -3.81. The minimum absolute atomic E-state index is 0.120. The number of methoxy groups -OCH3 is 1. The molecule has 140 valence electrons. The van der Waals surface area contributed by atoms with E-state index in [1.807, 2.05) is 25.1 Å². The largest absolute Gasteiger partial charge is 0.495 e. The van der Waals surface area contributed by atoms with Crippen LogP contribution in [-0.2, 0) is 6.42 Å². The van der Waals surface area contributed by atoms with Crippen molar-refractivity contribution in [1.29, 1.82) is 0 Å². The topological polar surface area (TPSA) is 91.5 Å². The molecule has 4 aromatic rings. The predicted molar refractivity (Wildman–Crippen MR) is 101 cm³/mol. The second-order valence-corrected chi connectivity index (χ2v) is 6.18. The molecule has 0 aliphatic rings. The summed E-state index contributed by atoms with van der Waals surface area (Å²) in [6.07, 6.45) is 6.54. The fourth-order valence-corrected chi connectivity index (χ4v) is 2.83. The van der Waals surface area contributed by atoms with Crippen LogP contribution < -0.4 is 9.47 Å². The number of fused-ring (bicyclic) bond motifs is 1. The van der Waals surface area contributed by atoms with Crippen molar-refractivity contribution in [3.05, 3.63) is 72.2 Å². The number of carbonyl (C=O) groups is 1. The zero-order chi connectivity index (χ0) is 19.5. The van der Waals surface area contributed by atoms with Crippen LogP contribution in [0.25, 0.3) is 5.65 Å². The minimum atomic E-state index is -0.120. The van der Waals surface area contributed by atoms with Gasteiger partial charge in [0.25, 0.3) is 0 Å². The summed E-state index contributed by atoms with van der Waals surface area (Å²) in [7, 11) is 1.56. The highest BCUT2D eigenvalue weighted by Crippen LogP contribution is 2.26. The van der Waals surface area contributed by atoms with Crippen LogP contribution in [0.1, 0.15) is 21.7 Å². The zero-order valence-corrected chi connectivity index (χ0v) is 15.4. The quantitative estimate of drug-likeness (QED) is 0.478. The molecule has 0 aliphatic carbocycles. The molecule has 0 unspecified atom stereocenters. The number of carbonyl (C=O) groups excluding carboxylic acids is 1. The van der Waals surface area contributed by atoms with Gasteiger partial charge in [-0.1, -0.05) is 6.07 Å². The van der Waals surface area contributed by atoms with Gasteiger partial charge in [0.05, 0.1) is 37.7 Å². The Kier molecular flexibility index (Phi) is 4.67. The highest BCUT2D eigenvalue weighted by atomic mass is 16.5. The summed E-state index contributed by atoms with van der Waals surface area (Å²) in [6, 6.07) is 8.96. The molecule has 4 aromatic heterocycles. The zero-order valence-electron chi connectivity index (χ0n) is 15.4. The number of aromatic nitrogens is 5. The van der Waals surface area contributed by atoms with E-state index in [0.29, 0.717) is 34.2 Å². The third kappa shape index (κ3) is 3.66. The van der Waals surface area contributed by atoms with Crippen LogP contribution in [-0.4, -0.2) is 37.5 Å². The third-order valence-electron chi connectivity index (χ3n) is 4.11. The first-order valence-corrected chi connectivity index (χ1v) is 8.58. The van der Waals surface area contributed by atoms with E-state index in [2.05, 4.69) is 20.2 Å². The van der Waals surface area contributed by atoms with E-state index in [1.165, 1.54) is 6.33 Å². The molecular formula is C20H17N5O3. The maximum Gasteiger partial charge on any atom is 0.172 e. The van der Waals surface area contributed by atoms with E-state index in [4.69, 9.17) is 9.47 Å². The number of hydrogen-bond acceptors (Lipinski definition) is 7. The Balaban J connectivity index is 1.67.